The molecular weight excluding hydrogens is 290 g/mol. The Labute approximate surface area is 127 Å². The van der Waals surface area contributed by atoms with E-state index in [0.717, 1.165) is 23.4 Å². The molecule has 7 heteroatoms. The fraction of sp³-hybridized carbons (Fsp3) is 0.429. The van der Waals surface area contributed by atoms with Crippen molar-refractivity contribution in [2.24, 2.45) is 0 Å². The Morgan fingerprint density at radius 3 is 2.86 bits per heavy atom. The predicted octanol–water partition coefficient (Wildman–Crippen LogP) is 1.93. The van der Waals surface area contributed by atoms with Crippen molar-refractivity contribution in [3.05, 3.63) is 24.0 Å². The highest BCUT2D eigenvalue weighted by atomic mass is 32.2. The first kappa shape index (κ1) is 15.8. The molecular formula is C14H19N3O3S. The maximum atomic E-state index is 11.4. The number of rotatable bonds is 7. The van der Waals surface area contributed by atoms with Crippen LogP contribution in [0.1, 0.15) is 12.0 Å². The summed E-state index contributed by atoms with van der Waals surface area (Å²) in [7, 11) is 1.67. The van der Waals surface area contributed by atoms with Crippen molar-refractivity contribution >= 4 is 11.2 Å². The van der Waals surface area contributed by atoms with Crippen molar-refractivity contribution < 1.29 is 14.0 Å². The molecule has 1 unspecified atom stereocenters. The molecule has 0 aliphatic rings. The Morgan fingerprint density at radius 2 is 2.19 bits per heavy atom. The number of imidazole rings is 1. The zero-order valence-corrected chi connectivity index (χ0v) is 13.2. The fourth-order valence-electron chi connectivity index (χ4n) is 1.89. The second kappa shape index (κ2) is 7.44. The molecule has 0 fully saturated rings. The number of ether oxygens (including phenoxy) is 2. The van der Waals surface area contributed by atoms with Gasteiger partial charge in [0.1, 0.15) is 17.7 Å². The van der Waals surface area contributed by atoms with Crippen LogP contribution in [-0.2, 0) is 15.9 Å². The van der Waals surface area contributed by atoms with E-state index >= 15 is 0 Å². The van der Waals surface area contributed by atoms with Crippen LogP contribution in [-0.4, -0.2) is 46.1 Å². The molecule has 2 aromatic rings. The molecule has 6 nitrogen and oxygen atoms in total. The first-order valence-electron chi connectivity index (χ1n) is 6.60. The SMILES string of the molecule is COCCCOc1ccnc(-c2c[nH]c([S+](C)[O-])n2)c1C. The minimum atomic E-state index is -1.14. The molecule has 2 heterocycles. The number of hydrogen-bond acceptors (Lipinski definition) is 5. The monoisotopic (exact) mass is 309 g/mol. The molecule has 114 valence electrons. The van der Waals surface area contributed by atoms with E-state index in [1.165, 1.54) is 0 Å². The molecule has 0 aromatic carbocycles. The van der Waals surface area contributed by atoms with E-state index in [1.54, 1.807) is 25.8 Å². The largest absolute Gasteiger partial charge is 0.609 e. The first-order valence-corrected chi connectivity index (χ1v) is 8.16. The number of aromatic amines is 1. The summed E-state index contributed by atoms with van der Waals surface area (Å²) in [5.41, 5.74) is 2.31. The van der Waals surface area contributed by atoms with Gasteiger partial charge in [0.25, 0.3) is 0 Å². The third kappa shape index (κ3) is 3.96. The number of pyridine rings is 1. The van der Waals surface area contributed by atoms with Gasteiger partial charge in [-0.3, -0.25) is 4.98 Å². The van der Waals surface area contributed by atoms with Crippen molar-refractivity contribution in [2.45, 2.75) is 18.5 Å². The Hall–Kier alpha value is -1.57. The highest BCUT2D eigenvalue weighted by Crippen LogP contribution is 2.27. The van der Waals surface area contributed by atoms with Crippen LogP contribution in [0.2, 0.25) is 0 Å². The average Bonchev–Trinajstić information content (AvgIpc) is 2.95. The van der Waals surface area contributed by atoms with Gasteiger partial charge in [0.15, 0.2) is 0 Å². The van der Waals surface area contributed by atoms with Crippen LogP contribution in [0, 0.1) is 6.92 Å². The molecule has 0 saturated carbocycles. The minimum absolute atomic E-state index is 0.442. The number of methoxy groups -OCH3 is 1. The quantitative estimate of drug-likeness (QED) is 0.624. The molecule has 0 amide bonds. The van der Waals surface area contributed by atoms with Crippen LogP contribution < -0.4 is 4.74 Å². The molecule has 21 heavy (non-hydrogen) atoms. The summed E-state index contributed by atoms with van der Waals surface area (Å²) in [6.07, 6.45) is 5.80. The molecule has 0 spiro atoms. The van der Waals surface area contributed by atoms with Gasteiger partial charge in [-0.15, -0.1) is 0 Å². The summed E-state index contributed by atoms with van der Waals surface area (Å²) in [6, 6.07) is 1.83. The van der Waals surface area contributed by atoms with Gasteiger partial charge in [0.05, 0.1) is 12.3 Å². The maximum absolute atomic E-state index is 11.4. The van der Waals surface area contributed by atoms with Gasteiger partial charge in [-0.05, 0) is 13.0 Å². The predicted molar refractivity (Wildman–Crippen MR) is 80.9 cm³/mol. The highest BCUT2D eigenvalue weighted by Gasteiger charge is 2.15. The lowest BCUT2D eigenvalue weighted by Crippen LogP contribution is -2.03. The fourth-order valence-corrected chi connectivity index (χ4v) is 2.34. The lowest BCUT2D eigenvalue weighted by atomic mass is 10.1. The summed E-state index contributed by atoms with van der Waals surface area (Å²) in [4.78, 5) is 11.5. The Kier molecular flexibility index (Phi) is 5.60. The van der Waals surface area contributed by atoms with E-state index in [-0.39, 0.29) is 0 Å². The molecule has 0 radical (unpaired) electrons. The van der Waals surface area contributed by atoms with E-state index in [1.807, 2.05) is 13.0 Å². The topological polar surface area (TPSA) is 83.1 Å². The molecule has 0 bridgehead atoms. The van der Waals surface area contributed by atoms with Crippen molar-refractivity contribution in [1.82, 2.24) is 15.0 Å². The van der Waals surface area contributed by atoms with E-state index in [9.17, 15) is 4.55 Å². The van der Waals surface area contributed by atoms with Crippen LogP contribution in [0.3, 0.4) is 0 Å². The number of nitrogens with zero attached hydrogens (tertiary/aromatic N) is 2. The van der Waals surface area contributed by atoms with E-state index in [4.69, 9.17) is 9.47 Å². The molecule has 0 aliphatic carbocycles. The van der Waals surface area contributed by atoms with E-state index in [0.29, 0.717) is 24.1 Å². The third-order valence-corrected chi connectivity index (χ3v) is 3.73. The Bertz CT molecular complexity index is 587. The number of aromatic nitrogens is 3. The van der Waals surface area contributed by atoms with Crippen LogP contribution >= 0.6 is 0 Å². The standard InChI is InChI=1S/C14H19N3O3S/c1-10-12(20-8-4-7-19-2)5-6-15-13(10)11-9-16-14(17-11)21(3)18/h5-6,9H,4,7-8H2,1-3H3,(H,16,17). The molecule has 1 atom stereocenters. The van der Waals surface area contributed by atoms with Gasteiger partial charge in [-0.25, -0.2) is 0 Å². The van der Waals surface area contributed by atoms with E-state index < -0.39 is 11.2 Å². The molecule has 1 N–H and O–H groups in total. The normalized spacial score (nSPS) is 12.4. The molecule has 2 rings (SSSR count). The molecule has 0 aliphatic heterocycles. The maximum Gasteiger partial charge on any atom is 0.320 e. The van der Waals surface area contributed by atoms with Crippen LogP contribution in [0.15, 0.2) is 23.6 Å². The molecule has 0 saturated heterocycles. The van der Waals surface area contributed by atoms with Gasteiger partial charge in [-0.1, -0.05) is 0 Å². The number of hydrogen-bond donors (Lipinski definition) is 1. The van der Waals surface area contributed by atoms with Crippen molar-refractivity contribution in [2.75, 3.05) is 26.6 Å². The van der Waals surface area contributed by atoms with Gasteiger partial charge in [0, 0.05) is 49.3 Å². The van der Waals surface area contributed by atoms with Crippen molar-refractivity contribution in [3.63, 3.8) is 0 Å². The van der Waals surface area contributed by atoms with Gasteiger partial charge >= 0.3 is 5.16 Å². The second-order valence-corrected chi connectivity index (χ2v) is 5.82. The summed E-state index contributed by atoms with van der Waals surface area (Å²) >= 11 is -1.14. The van der Waals surface area contributed by atoms with Gasteiger partial charge in [-0.2, -0.15) is 4.98 Å². The summed E-state index contributed by atoms with van der Waals surface area (Å²) < 4.78 is 22.1. The van der Waals surface area contributed by atoms with E-state index in [2.05, 4.69) is 15.0 Å². The van der Waals surface area contributed by atoms with Crippen LogP contribution in [0.4, 0.5) is 0 Å². The average molecular weight is 309 g/mol. The Morgan fingerprint density at radius 1 is 1.38 bits per heavy atom. The first-order chi connectivity index (χ1) is 10.1. The van der Waals surface area contributed by atoms with Crippen LogP contribution in [0.25, 0.3) is 11.4 Å². The second-order valence-electron chi connectivity index (χ2n) is 4.52. The number of H-pyrrole nitrogens is 1. The third-order valence-electron chi connectivity index (χ3n) is 2.97. The highest BCUT2D eigenvalue weighted by molar-refractivity contribution is 7.90. The summed E-state index contributed by atoms with van der Waals surface area (Å²) in [5, 5.41) is 0.442. The van der Waals surface area contributed by atoms with Crippen LogP contribution in [0.5, 0.6) is 5.75 Å². The smallest absolute Gasteiger partial charge is 0.320 e. The number of nitrogens with one attached hydrogen (secondary N) is 1. The summed E-state index contributed by atoms with van der Waals surface area (Å²) in [5.74, 6) is 0.776. The minimum Gasteiger partial charge on any atom is -0.609 e. The Balaban J connectivity index is 2.16. The van der Waals surface area contributed by atoms with Gasteiger partial charge in [0.2, 0.25) is 0 Å². The van der Waals surface area contributed by atoms with Crippen molar-refractivity contribution in [3.8, 4) is 17.1 Å². The lowest BCUT2D eigenvalue weighted by molar-refractivity contribution is 0.172. The van der Waals surface area contributed by atoms with Gasteiger partial charge < -0.3 is 19.0 Å². The van der Waals surface area contributed by atoms with Crippen molar-refractivity contribution in [1.29, 1.82) is 0 Å². The zero-order valence-electron chi connectivity index (χ0n) is 12.4. The molecule has 2 aromatic heterocycles. The lowest BCUT2D eigenvalue weighted by Gasteiger charge is -2.10. The summed E-state index contributed by atoms with van der Waals surface area (Å²) in [6.45, 7) is 3.19. The zero-order chi connectivity index (χ0) is 15.2.